The number of rotatable bonds is 4. The maximum atomic E-state index is 12.7. The Morgan fingerprint density at radius 1 is 1.67 bits per heavy atom. The van der Waals surface area contributed by atoms with Gasteiger partial charge in [-0.25, -0.2) is 4.79 Å². The number of carbonyl (C=O) groups is 2. The van der Waals surface area contributed by atoms with Crippen molar-refractivity contribution in [2.45, 2.75) is 43.4 Å². The fraction of sp³-hybridized carbons (Fsp3) is 0.692. The van der Waals surface area contributed by atoms with Crippen LogP contribution in [-0.2, 0) is 14.4 Å². The van der Waals surface area contributed by atoms with Crippen LogP contribution in [0.4, 0.5) is 0 Å². The van der Waals surface area contributed by atoms with Crippen molar-refractivity contribution in [3.63, 3.8) is 0 Å². The molecule has 2 rings (SSSR count). The van der Waals surface area contributed by atoms with E-state index in [2.05, 4.69) is 10.2 Å². The summed E-state index contributed by atoms with van der Waals surface area (Å²) in [5, 5.41) is 3.10. The van der Waals surface area contributed by atoms with E-state index in [4.69, 9.17) is 17.4 Å². The van der Waals surface area contributed by atoms with Crippen molar-refractivity contribution in [2.75, 3.05) is 13.1 Å². The zero-order chi connectivity index (χ0) is 15.6. The van der Waals surface area contributed by atoms with Crippen molar-refractivity contribution in [1.29, 1.82) is 0 Å². The highest BCUT2D eigenvalue weighted by atomic mass is 16.7. The highest BCUT2D eigenvalue weighted by Gasteiger charge is 2.47. The molecule has 118 valence electrons. The fourth-order valence-electron chi connectivity index (χ4n) is 2.95. The van der Waals surface area contributed by atoms with Gasteiger partial charge >= 0.3 is 5.97 Å². The monoisotopic (exact) mass is 297 g/mol. The molecule has 2 unspecified atom stereocenters. The second kappa shape index (κ2) is 6.10. The molecular weight excluding hydrogens is 274 g/mol. The van der Waals surface area contributed by atoms with E-state index >= 15 is 0 Å². The van der Waals surface area contributed by atoms with Crippen LogP contribution >= 0.6 is 0 Å². The lowest BCUT2D eigenvalue weighted by Gasteiger charge is -2.32. The fourth-order valence-corrected chi connectivity index (χ4v) is 2.95. The number of amides is 1. The Morgan fingerprint density at radius 3 is 3.00 bits per heavy atom. The Kier molecular flexibility index (Phi) is 4.62. The van der Waals surface area contributed by atoms with Gasteiger partial charge in [-0.2, -0.15) is 5.90 Å². The van der Waals surface area contributed by atoms with E-state index in [-0.39, 0.29) is 24.5 Å². The summed E-state index contributed by atoms with van der Waals surface area (Å²) < 4.78 is 0. The molecule has 8 nitrogen and oxygen atoms in total. The molecule has 1 fully saturated rings. The maximum absolute atomic E-state index is 12.7. The first-order chi connectivity index (χ1) is 9.87. The Hall–Kier alpha value is -1.48. The van der Waals surface area contributed by atoms with Crippen LogP contribution in [0.5, 0.6) is 0 Å². The number of hydrogen-bond donors (Lipinski definition) is 4. The summed E-state index contributed by atoms with van der Waals surface area (Å²) in [4.78, 5) is 29.9. The van der Waals surface area contributed by atoms with Crippen molar-refractivity contribution in [1.82, 2.24) is 10.2 Å². The minimum atomic E-state index is -0.728. The van der Waals surface area contributed by atoms with Gasteiger partial charge in [0.25, 0.3) is 0 Å². The molecule has 0 saturated carbocycles. The van der Waals surface area contributed by atoms with Gasteiger partial charge in [0.2, 0.25) is 5.91 Å². The van der Waals surface area contributed by atoms with Gasteiger partial charge in [-0.15, -0.1) is 0 Å². The van der Waals surface area contributed by atoms with Crippen LogP contribution in [-0.4, -0.2) is 53.5 Å². The average Bonchev–Trinajstić information content (AvgIpc) is 2.78. The largest absolute Gasteiger partial charge is 0.372 e. The Labute approximate surface area is 123 Å². The van der Waals surface area contributed by atoms with Crippen LogP contribution in [0, 0.1) is 0 Å². The summed E-state index contributed by atoms with van der Waals surface area (Å²) in [6, 6.07) is -0.967. The molecule has 1 amide bonds. The van der Waals surface area contributed by atoms with Crippen LogP contribution in [0.2, 0.25) is 0 Å². The SMILES string of the molecule is CC(N)C[C@@H]1C=C[C@@]2(N)CCNC2C(=O)N1CC(=O)ON. The van der Waals surface area contributed by atoms with E-state index in [9.17, 15) is 9.59 Å². The number of nitrogens with zero attached hydrogens (tertiary/aromatic N) is 1. The van der Waals surface area contributed by atoms with E-state index in [1.54, 1.807) is 0 Å². The quantitative estimate of drug-likeness (QED) is 0.347. The highest BCUT2D eigenvalue weighted by Crippen LogP contribution is 2.27. The minimum absolute atomic E-state index is 0.122. The van der Waals surface area contributed by atoms with Gasteiger partial charge in [0.1, 0.15) is 12.6 Å². The molecule has 0 spiro atoms. The minimum Gasteiger partial charge on any atom is -0.372 e. The number of hydrogen-bond acceptors (Lipinski definition) is 7. The number of fused-ring (bicyclic) bond motifs is 1. The normalized spacial score (nSPS) is 33.5. The summed E-state index contributed by atoms with van der Waals surface area (Å²) in [5.41, 5.74) is 11.4. The molecule has 0 bridgehead atoms. The van der Waals surface area contributed by atoms with Crippen LogP contribution in [0.1, 0.15) is 19.8 Å². The Morgan fingerprint density at radius 2 is 2.38 bits per heavy atom. The zero-order valence-corrected chi connectivity index (χ0v) is 12.1. The predicted molar refractivity (Wildman–Crippen MR) is 76.5 cm³/mol. The second-order valence-corrected chi connectivity index (χ2v) is 5.84. The van der Waals surface area contributed by atoms with Crippen molar-refractivity contribution in [3.05, 3.63) is 12.2 Å². The van der Waals surface area contributed by atoms with Crippen LogP contribution in [0.25, 0.3) is 0 Å². The van der Waals surface area contributed by atoms with Crippen molar-refractivity contribution < 1.29 is 14.4 Å². The third-order valence-corrected chi connectivity index (χ3v) is 4.05. The second-order valence-electron chi connectivity index (χ2n) is 5.84. The van der Waals surface area contributed by atoms with E-state index in [1.807, 2.05) is 19.1 Å². The number of nitrogens with one attached hydrogen (secondary N) is 1. The van der Waals surface area contributed by atoms with Gasteiger partial charge in [0.15, 0.2) is 0 Å². The van der Waals surface area contributed by atoms with E-state index < -0.39 is 17.6 Å². The first kappa shape index (κ1) is 15.9. The van der Waals surface area contributed by atoms with Gasteiger partial charge in [-0.05, 0) is 26.3 Å². The molecule has 0 aromatic rings. The van der Waals surface area contributed by atoms with Crippen molar-refractivity contribution in [2.24, 2.45) is 17.4 Å². The molecular formula is C13H23N5O3. The molecule has 21 heavy (non-hydrogen) atoms. The average molecular weight is 297 g/mol. The molecule has 7 N–H and O–H groups in total. The van der Waals surface area contributed by atoms with Crippen molar-refractivity contribution >= 4 is 11.9 Å². The molecule has 2 aliphatic rings. The molecule has 8 heteroatoms. The standard InChI is InChI=1S/C13H23N5O3/c1-8(14)6-9-2-3-13(15)4-5-17-11(13)12(20)18(9)7-10(19)21-16/h2-3,8-9,11,17H,4-7,14-16H2,1H3/t8?,9-,11?,13+/m0/s1. The lowest BCUT2D eigenvalue weighted by atomic mass is 9.91. The van der Waals surface area contributed by atoms with Gasteiger partial charge < -0.3 is 26.5 Å². The first-order valence-corrected chi connectivity index (χ1v) is 7.04. The zero-order valence-electron chi connectivity index (χ0n) is 12.1. The van der Waals surface area contributed by atoms with E-state index in [1.165, 1.54) is 4.90 Å². The van der Waals surface area contributed by atoms with Crippen molar-refractivity contribution in [3.8, 4) is 0 Å². The smallest absolute Gasteiger partial charge is 0.344 e. The topological polar surface area (TPSA) is 137 Å². The van der Waals surface area contributed by atoms with E-state index in [0.717, 1.165) is 0 Å². The lowest BCUT2D eigenvalue weighted by molar-refractivity contribution is -0.151. The molecule has 0 aliphatic carbocycles. The van der Waals surface area contributed by atoms with Gasteiger partial charge in [0, 0.05) is 6.04 Å². The van der Waals surface area contributed by atoms with Gasteiger partial charge in [-0.1, -0.05) is 12.2 Å². The predicted octanol–water partition coefficient (Wildman–Crippen LogP) is -2.03. The molecule has 0 aromatic carbocycles. The summed E-state index contributed by atoms with van der Waals surface area (Å²) >= 11 is 0. The molecule has 2 heterocycles. The summed E-state index contributed by atoms with van der Waals surface area (Å²) in [6.45, 7) is 2.29. The summed E-state index contributed by atoms with van der Waals surface area (Å²) in [5.74, 6) is 3.98. The number of nitrogens with two attached hydrogens (primary N) is 3. The van der Waals surface area contributed by atoms with Gasteiger partial charge in [-0.3, -0.25) is 4.79 Å². The molecule has 2 aliphatic heterocycles. The van der Waals surface area contributed by atoms with E-state index in [0.29, 0.717) is 19.4 Å². The van der Waals surface area contributed by atoms with Crippen LogP contribution in [0.3, 0.4) is 0 Å². The Bertz CT molecular complexity index is 453. The summed E-state index contributed by atoms with van der Waals surface area (Å²) in [6.07, 6.45) is 4.91. The number of carbonyl (C=O) groups excluding carboxylic acids is 2. The lowest BCUT2D eigenvalue weighted by Crippen LogP contribution is -2.58. The first-order valence-electron chi connectivity index (χ1n) is 7.04. The molecule has 0 aromatic heterocycles. The van der Waals surface area contributed by atoms with Crippen LogP contribution < -0.4 is 22.7 Å². The van der Waals surface area contributed by atoms with Gasteiger partial charge in [0.05, 0.1) is 11.6 Å². The third kappa shape index (κ3) is 3.24. The molecule has 1 saturated heterocycles. The molecule has 0 radical (unpaired) electrons. The van der Waals surface area contributed by atoms with Crippen LogP contribution in [0.15, 0.2) is 12.2 Å². The molecule has 4 atom stereocenters. The summed E-state index contributed by atoms with van der Waals surface area (Å²) in [7, 11) is 0. The highest BCUT2D eigenvalue weighted by molar-refractivity contribution is 5.88. The maximum Gasteiger partial charge on any atom is 0.344 e. The third-order valence-electron chi connectivity index (χ3n) is 4.05. The Balaban J connectivity index is 2.29.